The van der Waals surface area contributed by atoms with E-state index in [0.29, 0.717) is 23.3 Å². The quantitative estimate of drug-likeness (QED) is 0.786. The number of nitrogens with two attached hydrogens (primary N) is 1. The van der Waals surface area contributed by atoms with E-state index in [-0.39, 0.29) is 5.91 Å². The van der Waals surface area contributed by atoms with E-state index in [1.165, 1.54) is 11.8 Å². The van der Waals surface area contributed by atoms with Crippen LogP contribution in [0.1, 0.15) is 27.7 Å². The van der Waals surface area contributed by atoms with Gasteiger partial charge in [0.25, 0.3) is 0 Å². The number of amides is 1. The summed E-state index contributed by atoms with van der Waals surface area (Å²) in [7, 11) is 0. The van der Waals surface area contributed by atoms with Gasteiger partial charge in [-0.2, -0.15) is 0 Å². The third kappa shape index (κ3) is 6.28. The number of nitrogens with zero attached hydrogens (tertiary/aromatic N) is 2. The number of thioether (sulfide) groups is 1. The van der Waals surface area contributed by atoms with Crippen molar-refractivity contribution in [2.45, 2.75) is 32.7 Å². The predicted octanol–water partition coefficient (Wildman–Crippen LogP) is 2.90. The summed E-state index contributed by atoms with van der Waals surface area (Å²) >= 11 is 1.46. The molecule has 0 unspecified atom stereocenters. The number of nitrogen functional groups attached to an aromatic ring is 1. The highest BCUT2D eigenvalue weighted by atomic mass is 32.2. The Morgan fingerprint density at radius 2 is 1.85 bits per heavy atom. The summed E-state index contributed by atoms with van der Waals surface area (Å²) in [4.78, 5) is 18.5. The number of rotatable bonds is 7. The maximum Gasteiger partial charge on any atom is 0.233 e. The molecule has 5 heteroatoms. The number of anilines is 1. The zero-order valence-corrected chi connectivity index (χ0v) is 13.6. The molecule has 0 aliphatic heterocycles. The zero-order chi connectivity index (χ0) is 15.1. The van der Waals surface area contributed by atoms with E-state index in [0.717, 1.165) is 18.1 Å². The molecule has 0 atom stereocenters. The number of hydrogen-bond donors (Lipinski definition) is 1. The van der Waals surface area contributed by atoms with E-state index >= 15 is 0 Å². The van der Waals surface area contributed by atoms with Crippen LogP contribution in [0.15, 0.2) is 23.4 Å². The van der Waals surface area contributed by atoms with E-state index in [2.05, 4.69) is 32.7 Å². The normalized spacial score (nSPS) is 11.1. The molecule has 1 aromatic rings. The molecular formula is C15H25N3OS. The maximum atomic E-state index is 12.3. The van der Waals surface area contributed by atoms with Crippen LogP contribution in [0, 0.1) is 11.8 Å². The van der Waals surface area contributed by atoms with Crippen molar-refractivity contribution in [3.05, 3.63) is 18.3 Å². The molecule has 0 aromatic carbocycles. The number of hydrogen-bond acceptors (Lipinski definition) is 4. The van der Waals surface area contributed by atoms with Crippen molar-refractivity contribution in [1.29, 1.82) is 0 Å². The molecule has 112 valence electrons. The minimum Gasteiger partial charge on any atom is -0.397 e. The first-order valence-corrected chi connectivity index (χ1v) is 7.99. The van der Waals surface area contributed by atoms with Crippen LogP contribution in [-0.2, 0) is 4.79 Å². The first kappa shape index (κ1) is 16.8. The van der Waals surface area contributed by atoms with Gasteiger partial charge in [-0.15, -0.1) is 0 Å². The molecular weight excluding hydrogens is 270 g/mol. The lowest BCUT2D eigenvalue weighted by Gasteiger charge is -2.26. The Hall–Kier alpha value is -1.23. The number of pyridine rings is 1. The van der Waals surface area contributed by atoms with E-state index in [1.807, 2.05) is 11.0 Å². The lowest BCUT2D eigenvalue weighted by Crippen LogP contribution is -2.38. The molecule has 2 N–H and O–H groups in total. The molecule has 0 aliphatic carbocycles. The van der Waals surface area contributed by atoms with Gasteiger partial charge in [0.2, 0.25) is 5.91 Å². The van der Waals surface area contributed by atoms with E-state index in [9.17, 15) is 4.79 Å². The highest BCUT2D eigenvalue weighted by Crippen LogP contribution is 2.17. The first-order valence-electron chi connectivity index (χ1n) is 7.00. The van der Waals surface area contributed by atoms with E-state index < -0.39 is 0 Å². The molecule has 1 rings (SSSR count). The lowest BCUT2D eigenvalue weighted by atomic mass is 10.1. The van der Waals surface area contributed by atoms with E-state index in [4.69, 9.17) is 5.73 Å². The topological polar surface area (TPSA) is 59.2 Å². The average molecular weight is 295 g/mol. The highest BCUT2D eigenvalue weighted by Gasteiger charge is 2.16. The minimum atomic E-state index is 0.177. The molecule has 0 saturated heterocycles. The Morgan fingerprint density at radius 1 is 1.25 bits per heavy atom. The summed E-state index contributed by atoms with van der Waals surface area (Å²) in [6, 6.07) is 3.66. The van der Waals surface area contributed by atoms with Gasteiger partial charge < -0.3 is 10.6 Å². The Kier molecular flexibility index (Phi) is 6.85. The second-order valence-corrected chi connectivity index (χ2v) is 6.80. The SMILES string of the molecule is CC(C)CN(CC(C)C)C(=O)CSc1ccc(N)cn1. The molecule has 20 heavy (non-hydrogen) atoms. The standard InChI is InChI=1S/C15H25N3OS/c1-11(2)8-18(9-12(3)4)15(19)10-20-14-6-5-13(16)7-17-14/h5-7,11-12H,8-10,16H2,1-4H3. The molecule has 0 saturated carbocycles. The van der Waals surface area contributed by atoms with Crippen LogP contribution in [0.4, 0.5) is 5.69 Å². The second kappa shape index (κ2) is 8.15. The average Bonchev–Trinajstić information content (AvgIpc) is 2.36. The molecule has 1 aromatic heterocycles. The Balaban J connectivity index is 2.54. The van der Waals surface area contributed by atoms with Gasteiger partial charge in [0, 0.05) is 13.1 Å². The molecule has 0 radical (unpaired) electrons. The van der Waals surface area contributed by atoms with E-state index in [1.54, 1.807) is 12.3 Å². The summed E-state index contributed by atoms with van der Waals surface area (Å²) in [5, 5.41) is 0.835. The van der Waals surface area contributed by atoms with Gasteiger partial charge in [0.1, 0.15) is 0 Å². The minimum absolute atomic E-state index is 0.177. The van der Waals surface area contributed by atoms with Crippen LogP contribution in [-0.4, -0.2) is 34.6 Å². The summed E-state index contributed by atoms with van der Waals surface area (Å²) in [5.41, 5.74) is 6.23. The first-order chi connectivity index (χ1) is 9.38. The van der Waals surface area contributed by atoms with Crippen LogP contribution in [0.3, 0.4) is 0 Å². The summed E-state index contributed by atoms with van der Waals surface area (Å²) in [6.07, 6.45) is 1.62. The number of carbonyl (C=O) groups excluding carboxylic acids is 1. The van der Waals surface area contributed by atoms with Gasteiger partial charge in [-0.05, 0) is 24.0 Å². The largest absolute Gasteiger partial charge is 0.397 e. The second-order valence-electron chi connectivity index (χ2n) is 5.80. The fraction of sp³-hybridized carbons (Fsp3) is 0.600. The van der Waals surface area contributed by atoms with Crippen LogP contribution in [0.25, 0.3) is 0 Å². The van der Waals surface area contributed by atoms with Crippen LogP contribution < -0.4 is 5.73 Å². The summed E-state index contributed by atoms with van der Waals surface area (Å²) in [6.45, 7) is 10.2. The summed E-state index contributed by atoms with van der Waals surface area (Å²) < 4.78 is 0. The van der Waals surface area contributed by atoms with Gasteiger partial charge in [-0.25, -0.2) is 4.98 Å². The molecule has 0 bridgehead atoms. The third-order valence-electron chi connectivity index (χ3n) is 2.63. The zero-order valence-electron chi connectivity index (χ0n) is 12.8. The van der Waals surface area contributed by atoms with Gasteiger partial charge in [-0.1, -0.05) is 39.5 Å². The highest BCUT2D eigenvalue weighted by molar-refractivity contribution is 7.99. The Labute approximate surface area is 126 Å². The lowest BCUT2D eigenvalue weighted by molar-refractivity contribution is -0.129. The van der Waals surface area contributed by atoms with Crippen molar-refractivity contribution < 1.29 is 4.79 Å². The van der Waals surface area contributed by atoms with Crippen molar-refractivity contribution in [2.24, 2.45) is 11.8 Å². The van der Waals surface area contributed by atoms with Gasteiger partial charge in [0.15, 0.2) is 0 Å². The molecule has 0 fully saturated rings. The molecule has 4 nitrogen and oxygen atoms in total. The molecule has 1 heterocycles. The molecule has 0 spiro atoms. The van der Waals surface area contributed by atoms with Gasteiger partial charge in [-0.3, -0.25) is 4.79 Å². The predicted molar refractivity (Wildman–Crippen MR) is 85.6 cm³/mol. The van der Waals surface area contributed by atoms with Crippen molar-refractivity contribution in [3.63, 3.8) is 0 Å². The fourth-order valence-electron chi connectivity index (χ4n) is 1.86. The van der Waals surface area contributed by atoms with Crippen LogP contribution in [0.2, 0.25) is 0 Å². The Bertz CT molecular complexity index is 408. The van der Waals surface area contributed by atoms with Crippen molar-refractivity contribution in [2.75, 3.05) is 24.6 Å². The fourth-order valence-corrected chi connectivity index (χ4v) is 2.61. The van der Waals surface area contributed by atoms with Crippen molar-refractivity contribution in [3.8, 4) is 0 Å². The van der Waals surface area contributed by atoms with Crippen LogP contribution in [0.5, 0.6) is 0 Å². The summed E-state index contributed by atoms with van der Waals surface area (Å²) in [5.74, 6) is 1.57. The smallest absolute Gasteiger partial charge is 0.233 e. The van der Waals surface area contributed by atoms with Crippen molar-refractivity contribution >= 4 is 23.4 Å². The monoisotopic (exact) mass is 295 g/mol. The number of carbonyl (C=O) groups is 1. The maximum absolute atomic E-state index is 12.3. The van der Waals surface area contributed by atoms with Gasteiger partial charge >= 0.3 is 0 Å². The Morgan fingerprint density at radius 3 is 2.30 bits per heavy atom. The molecule has 0 aliphatic rings. The number of aromatic nitrogens is 1. The third-order valence-corrected chi connectivity index (χ3v) is 3.56. The van der Waals surface area contributed by atoms with Crippen LogP contribution >= 0.6 is 11.8 Å². The molecule has 1 amide bonds. The van der Waals surface area contributed by atoms with Gasteiger partial charge in [0.05, 0.1) is 22.7 Å². The van der Waals surface area contributed by atoms with Crippen molar-refractivity contribution in [1.82, 2.24) is 9.88 Å².